The van der Waals surface area contributed by atoms with Crippen LogP contribution in [0, 0.1) is 0 Å². The SMILES string of the molecule is COCCOCCOCCOCCOCCOCCOCCOCCOCC(=O)NCCCC[C@H](NC(=O)CCCNC(=O)[C@H]([C@H](C(=O)NCCCC(=O)N[C@@H](CCCCNC(=O)COCCOCCOCCOCCOCCOCCOCCOCCOC)C(=O)NCC(=O)NCC(=O)NCC(=O)Nc1ccc(CN)cc1)N1C(=O)C=CC1=O)N1C(=O)C=CC1=O)C(=O)NCC(=O)NCC(=O)NCC(=O)Nc1ccc(CN)cc1. The van der Waals surface area contributed by atoms with Crippen molar-refractivity contribution < 1.29 is 172 Å². The Hall–Kier alpha value is -12.0. The third-order valence-corrected chi connectivity index (χ3v) is 20.7. The second-order valence-electron chi connectivity index (χ2n) is 32.5. The molecule has 2 aliphatic rings. The number of carbonyl (C=O) groups excluding carboxylic acids is 18. The van der Waals surface area contributed by atoms with Crippen LogP contribution >= 0.6 is 0 Å². The lowest BCUT2D eigenvalue weighted by Gasteiger charge is -2.35. The summed E-state index contributed by atoms with van der Waals surface area (Å²) in [4.78, 5) is 240. The number of nitrogens with one attached hydrogen (secondary N) is 14. The van der Waals surface area contributed by atoms with Gasteiger partial charge in [0, 0.05) is 102 Å². The van der Waals surface area contributed by atoms with Crippen molar-refractivity contribution >= 4 is 118 Å². The van der Waals surface area contributed by atoms with Gasteiger partial charge in [-0.25, -0.2) is 0 Å². The summed E-state index contributed by atoms with van der Waals surface area (Å²) in [5.74, 6) is -15.6. The normalized spacial score (nSPS) is 12.9. The smallest absolute Gasteiger partial charge is 0.254 e. The quantitative estimate of drug-likeness (QED) is 0.0216. The molecule has 18 N–H and O–H groups in total. The summed E-state index contributed by atoms with van der Waals surface area (Å²) < 4.78 is 97.2. The minimum atomic E-state index is -2.28. The fourth-order valence-electron chi connectivity index (χ4n) is 13.0. The molecule has 2 aliphatic heterocycles. The molecule has 4 atom stereocenters. The molecule has 150 heavy (non-hydrogen) atoms. The molecule has 18 amide bonds. The number of carbonyl (C=O) groups is 18. The van der Waals surface area contributed by atoms with E-state index in [1.54, 1.807) is 62.8 Å². The molecule has 0 unspecified atom stereocenters. The summed E-state index contributed by atoms with van der Waals surface area (Å²) in [5, 5.41) is 34.9. The maximum absolute atomic E-state index is 14.6. The van der Waals surface area contributed by atoms with Crippen LogP contribution in [0.1, 0.15) is 75.3 Å². The van der Waals surface area contributed by atoms with Crippen molar-refractivity contribution in [3.8, 4) is 0 Å². The Morgan fingerprint density at radius 3 is 0.740 bits per heavy atom. The van der Waals surface area contributed by atoms with Crippen molar-refractivity contribution in [2.75, 3.05) is 315 Å². The van der Waals surface area contributed by atoms with Crippen LogP contribution in [0.3, 0.4) is 0 Å². The molecule has 0 aliphatic carbocycles. The van der Waals surface area contributed by atoms with E-state index in [1.165, 1.54) is 0 Å². The van der Waals surface area contributed by atoms with E-state index in [9.17, 15) is 86.3 Å². The summed E-state index contributed by atoms with van der Waals surface area (Å²) in [6.45, 7) is 7.61. The summed E-state index contributed by atoms with van der Waals surface area (Å²) in [6.07, 6.45) is 2.50. The number of methoxy groups -OCH3 is 2. The molecule has 54 nitrogen and oxygen atoms in total. The van der Waals surface area contributed by atoms with Crippen molar-refractivity contribution in [1.82, 2.24) is 73.6 Å². The number of nitrogens with two attached hydrogens (primary N) is 2. The number of unbranched alkanes of at least 4 members (excludes halogenated alkanes) is 2. The standard InChI is InChI=1S/C96H152N18O36/c1-133-29-31-135-33-35-137-37-39-139-41-43-141-45-47-143-49-51-145-53-55-147-57-59-149-69-85(123)99-25-5-3-9-75(93(129)107-65-81(119)103-63-79(117)105-67-83(121)109-73-17-13-71(61-97)14-18-73)111-77(115)11-7-27-101-95(131)91(113-87(125)21-22-88(113)126)92(114-89(127)23-24-90(114)128)96(132)102-28-8-12-78(116)112-76(94(130)108-66-82(120)104-64-80(118)106-68-84(122)110-74-19-15-72(62-98)16-20-74)10-4-6-26-100-86(124)70-150-60-58-148-56-54-146-52-50-144-48-46-142-44-42-140-40-38-138-36-34-136-32-30-134-2/h13-24,75-76,91-92H,3-12,25-70,97-98H2,1-2H3,(H,99,123)(H,100,124)(H,101,131)(H,102,132)(H,103,119)(H,104,120)(H,105,117)(H,106,118)(H,107,129)(H,108,130)(H,109,121)(H,110,122)(H,111,115)(H,112,116)/t75-,76-,91-,92+/m0/s1. The first kappa shape index (κ1) is 130. The number of ether oxygens (including phenoxy) is 18. The third-order valence-electron chi connectivity index (χ3n) is 20.7. The maximum Gasteiger partial charge on any atom is 0.254 e. The Kier molecular flexibility index (Phi) is 74.4. The number of benzene rings is 2. The highest BCUT2D eigenvalue weighted by Crippen LogP contribution is 2.22. The first-order valence-corrected chi connectivity index (χ1v) is 49.7. The van der Waals surface area contributed by atoms with E-state index >= 15 is 0 Å². The van der Waals surface area contributed by atoms with Gasteiger partial charge in [-0.2, -0.15) is 0 Å². The van der Waals surface area contributed by atoms with E-state index in [-0.39, 0.29) is 144 Å². The highest BCUT2D eigenvalue weighted by Gasteiger charge is 2.50. The Labute approximate surface area is 871 Å². The highest BCUT2D eigenvalue weighted by atomic mass is 16.6. The first-order chi connectivity index (χ1) is 72.9. The Bertz CT molecular complexity index is 4050. The fourth-order valence-corrected chi connectivity index (χ4v) is 13.0. The first-order valence-electron chi connectivity index (χ1n) is 49.7. The van der Waals surface area contributed by atoms with Gasteiger partial charge >= 0.3 is 0 Å². The van der Waals surface area contributed by atoms with Crippen LogP contribution in [-0.2, 0) is 185 Å². The summed E-state index contributed by atoms with van der Waals surface area (Å²) in [5.41, 5.74) is 13.8. The van der Waals surface area contributed by atoms with Crippen molar-refractivity contribution in [1.29, 1.82) is 0 Å². The van der Waals surface area contributed by atoms with Crippen molar-refractivity contribution in [2.45, 2.75) is 101 Å². The van der Waals surface area contributed by atoms with Gasteiger partial charge in [-0.05, 0) is 86.8 Å². The summed E-state index contributed by atoms with van der Waals surface area (Å²) >= 11 is 0. The van der Waals surface area contributed by atoms with E-state index < -0.39 is 196 Å². The lowest BCUT2D eigenvalue weighted by atomic mass is 10.0. The van der Waals surface area contributed by atoms with E-state index in [4.69, 9.17) is 96.7 Å². The van der Waals surface area contributed by atoms with Crippen LogP contribution in [0.25, 0.3) is 0 Å². The van der Waals surface area contributed by atoms with Gasteiger partial charge in [0.2, 0.25) is 82.7 Å². The van der Waals surface area contributed by atoms with Crippen molar-refractivity contribution in [3.63, 3.8) is 0 Å². The molecule has 4 rings (SSSR count). The van der Waals surface area contributed by atoms with E-state index in [0.29, 0.717) is 180 Å². The van der Waals surface area contributed by atoms with Gasteiger partial charge in [0.25, 0.3) is 23.6 Å². The molecule has 0 radical (unpaired) electrons. The predicted octanol–water partition coefficient (Wildman–Crippen LogP) is -6.64. The average molecular weight is 2130 g/mol. The zero-order chi connectivity index (χ0) is 109. The topological polar surface area (TPSA) is 700 Å². The van der Waals surface area contributed by atoms with Gasteiger partial charge in [0.1, 0.15) is 37.4 Å². The number of hydrogen-bond acceptors (Lipinski definition) is 38. The second-order valence-corrected chi connectivity index (χ2v) is 32.5. The zero-order valence-corrected chi connectivity index (χ0v) is 85.6. The van der Waals surface area contributed by atoms with Crippen LogP contribution in [-0.4, -0.2) is 445 Å². The predicted molar refractivity (Wildman–Crippen MR) is 532 cm³/mol. The number of nitrogens with zero attached hydrogens (tertiary/aromatic N) is 2. The Balaban J connectivity index is 1.28. The molecule has 0 saturated heterocycles. The molecule has 2 heterocycles. The lowest BCUT2D eigenvalue weighted by molar-refractivity contribution is -0.156. The molecule has 0 saturated carbocycles. The molecule has 0 aromatic heterocycles. The number of rotatable bonds is 95. The second kappa shape index (κ2) is 85.6. The van der Waals surface area contributed by atoms with Gasteiger partial charge in [-0.15, -0.1) is 0 Å². The number of amides is 18. The summed E-state index contributed by atoms with van der Waals surface area (Å²) in [6, 6.07) is 6.11. The van der Waals surface area contributed by atoms with Crippen molar-refractivity contribution in [2.24, 2.45) is 11.5 Å². The summed E-state index contributed by atoms with van der Waals surface area (Å²) in [7, 11) is 3.21. The molecular formula is C96H152N18O36. The third kappa shape index (κ3) is 64.5. The monoisotopic (exact) mass is 2130 g/mol. The Morgan fingerprint density at radius 1 is 0.253 bits per heavy atom. The van der Waals surface area contributed by atoms with Crippen LogP contribution in [0.5, 0.6) is 0 Å². The molecule has 0 fully saturated rings. The largest absolute Gasteiger partial charge is 0.382 e. The minimum absolute atomic E-state index is 0.0684. The van der Waals surface area contributed by atoms with Crippen LogP contribution in [0.2, 0.25) is 0 Å². The zero-order valence-electron chi connectivity index (χ0n) is 85.6. The molecule has 2 aromatic rings. The van der Waals surface area contributed by atoms with Crippen molar-refractivity contribution in [3.05, 3.63) is 84.0 Å². The fraction of sp³-hybridized carbons (Fsp3) is 0.646. The lowest BCUT2D eigenvalue weighted by Crippen LogP contribution is -2.66. The van der Waals surface area contributed by atoms with Crippen LogP contribution in [0.15, 0.2) is 72.8 Å². The maximum atomic E-state index is 14.6. The van der Waals surface area contributed by atoms with E-state index in [0.717, 1.165) is 35.4 Å². The Morgan fingerprint density at radius 2 is 0.487 bits per heavy atom. The number of anilines is 2. The van der Waals surface area contributed by atoms with E-state index in [1.807, 2.05) is 0 Å². The van der Waals surface area contributed by atoms with Gasteiger partial charge in [0.15, 0.2) is 0 Å². The average Bonchev–Trinajstić information content (AvgIpc) is 1.62. The molecule has 0 spiro atoms. The molecule has 2 aromatic carbocycles. The van der Waals surface area contributed by atoms with Gasteiger partial charge < -0.3 is 171 Å². The van der Waals surface area contributed by atoms with Crippen LogP contribution in [0.4, 0.5) is 11.4 Å². The highest BCUT2D eigenvalue weighted by molar-refractivity contribution is 6.19. The number of imide groups is 2. The molecular weight excluding hydrogens is 1980 g/mol. The number of hydrogen-bond donors (Lipinski definition) is 16. The minimum Gasteiger partial charge on any atom is -0.382 e. The van der Waals surface area contributed by atoms with E-state index in [2.05, 4.69) is 74.4 Å². The molecule has 54 heteroatoms. The molecule has 0 bridgehead atoms. The molecule has 842 valence electrons. The van der Waals surface area contributed by atoms with Gasteiger partial charge in [-0.3, -0.25) is 96.1 Å². The van der Waals surface area contributed by atoms with Crippen LogP contribution < -0.4 is 85.9 Å². The van der Waals surface area contributed by atoms with Gasteiger partial charge in [0.05, 0.1) is 251 Å². The van der Waals surface area contributed by atoms with Gasteiger partial charge in [-0.1, -0.05) is 24.3 Å².